The van der Waals surface area contributed by atoms with Crippen LogP contribution in [0.4, 0.5) is 0 Å². The quantitative estimate of drug-likeness (QED) is 0.0697. The van der Waals surface area contributed by atoms with Crippen LogP contribution in [0.2, 0.25) is 0 Å². The molecule has 0 aromatic rings. The molecule has 0 unspecified atom stereocenters. The summed E-state index contributed by atoms with van der Waals surface area (Å²) in [5.74, 6) is -1.31. The molecule has 0 heterocycles. The molecule has 0 saturated carbocycles. The number of unbranched alkanes of at least 4 members (excludes halogenated alkanes) is 24. The number of carbonyl (C=O) groups is 2. The van der Waals surface area contributed by atoms with Crippen LogP contribution in [0.5, 0.6) is 0 Å². The van der Waals surface area contributed by atoms with Gasteiger partial charge in [0.15, 0.2) is 0 Å². The van der Waals surface area contributed by atoms with Gasteiger partial charge in [0, 0.05) is 12.8 Å². The number of hydrogen-bond acceptors (Lipinski definition) is 2. The summed E-state index contributed by atoms with van der Waals surface area (Å²) in [5.41, 5.74) is 0. The first-order valence-corrected chi connectivity index (χ1v) is 16.0. The summed E-state index contributed by atoms with van der Waals surface area (Å²) in [6, 6.07) is 0. The van der Waals surface area contributed by atoms with Crippen molar-refractivity contribution in [2.24, 2.45) is 0 Å². The SMILES string of the molecule is CCCCCCCCCCCCCCCC(=O)O.CCCCCCCCCCCCCCCC(=O)O.[CaH2].[CaH2]. The number of rotatable bonds is 28. The summed E-state index contributed by atoms with van der Waals surface area (Å²) >= 11 is 0. The number of hydrogen-bond donors (Lipinski definition) is 2. The van der Waals surface area contributed by atoms with Crippen LogP contribution in [0, 0.1) is 0 Å². The van der Waals surface area contributed by atoms with E-state index in [0.29, 0.717) is 12.8 Å². The maximum atomic E-state index is 10.3. The second-order valence-corrected chi connectivity index (χ2v) is 10.8. The van der Waals surface area contributed by atoms with E-state index < -0.39 is 11.9 Å². The zero-order chi connectivity index (χ0) is 27.0. The molecule has 0 aromatic heterocycles. The zero-order valence-corrected chi connectivity index (χ0v) is 24.5. The zero-order valence-electron chi connectivity index (χ0n) is 24.5. The first-order chi connectivity index (χ1) is 17.5. The Labute approximate surface area is 297 Å². The second-order valence-electron chi connectivity index (χ2n) is 10.8. The Morgan fingerprint density at radius 1 is 0.342 bits per heavy atom. The van der Waals surface area contributed by atoms with Gasteiger partial charge in [-0.25, -0.2) is 0 Å². The van der Waals surface area contributed by atoms with Crippen LogP contribution in [0.1, 0.15) is 194 Å². The van der Waals surface area contributed by atoms with Gasteiger partial charge in [-0.3, -0.25) is 9.59 Å². The van der Waals surface area contributed by atoms with Crippen molar-refractivity contribution >= 4 is 87.4 Å². The van der Waals surface area contributed by atoms with Gasteiger partial charge in [-0.15, -0.1) is 0 Å². The number of carboxylic acid groups (broad SMARTS) is 2. The van der Waals surface area contributed by atoms with Gasteiger partial charge in [0.2, 0.25) is 0 Å². The molecule has 4 nitrogen and oxygen atoms in total. The van der Waals surface area contributed by atoms with Crippen molar-refractivity contribution in [3.05, 3.63) is 0 Å². The predicted octanol–water partition coefficient (Wildman–Crippen LogP) is 9.27. The van der Waals surface area contributed by atoms with Crippen molar-refractivity contribution in [3.63, 3.8) is 0 Å². The van der Waals surface area contributed by atoms with Gasteiger partial charge < -0.3 is 10.2 Å². The van der Waals surface area contributed by atoms with Gasteiger partial charge in [0.25, 0.3) is 0 Å². The van der Waals surface area contributed by atoms with Gasteiger partial charge in [-0.05, 0) is 12.8 Å². The van der Waals surface area contributed by atoms with E-state index in [1.54, 1.807) is 0 Å². The third-order valence-electron chi connectivity index (χ3n) is 6.99. The van der Waals surface area contributed by atoms with E-state index in [0.717, 1.165) is 25.7 Å². The first-order valence-electron chi connectivity index (χ1n) is 16.0. The third-order valence-corrected chi connectivity index (χ3v) is 6.99. The number of aliphatic carboxylic acids is 2. The molecule has 0 bridgehead atoms. The van der Waals surface area contributed by atoms with Gasteiger partial charge in [0.05, 0.1) is 0 Å². The van der Waals surface area contributed by atoms with E-state index in [2.05, 4.69) is 13.8 Å². The van der Waals surface area contributed by atoms with E-state index in [4.69, 9.17) is 10.2 Å². The Hall–Kier alpha value is 1.46. The molecule has 38 heavy (non-hydrogen) atoms. The fourth-order valence-electron chi connectivity index (χ4n) is 4.59. The minimum absolute atomic E-state index is 0. The average Bonchev–Trinajstić information content (AvgIpc) is 2.85. The minimum atomic E-state index is -0.655. The molecule has 0 aliphatic heterocycles. The summed E-state index contributed by atoms with van der Waals surface area (Å²) in [7, 11) is 0. The Bertz CT molecular complexity index is 407. The molecule has 0 rings (SSSR count). The monoisotopic (exact) mass is 596 g/mol. The standard InChI is InChI=1S/2C16H32O2.2Ca.4H/c2*1-2-3-4-5-6-7-8-9-10-11-12-13-14-15-16(17)18;;;;;;/h2*2-15H2,1H3,(H,17,18);;;;;;. The van der Waals surface area contributed by atoms with Crippen LogP contribution in [0.3, 0.4) is 0 Å². The topological polar surface area (TPSA) is 74.6 Å². The number of carboxylic acids is 2. The second kappa shape index (κ2) is 42.9. The molecule has 0 aliphatic carbocycles. The van der Waals surface area contributed by atoms with Gasteiger partial charge >= 0.3 is 87.4 Å². The molecular weight excluding hydrogens is 529 g/mol. The molecule has 224 valence electrons. The van der Waals surface area contributed by atoms with Crippen LogP contribution in [-0.2, 0) is 9.59 Å². The summed E-state index contributed by atoms with van der Waals surface area (Å²) in [6.07, 6.45) is 34.5. The summed E-state index contributed by atoms with van der Waals surface area (Å²) < 4.78 is 0. The molecule has 0 radical (unpaired) electrons. The molecule has 0 aliphatic rings. The molecule has 0 fully saturated rings. The Morgan fingerprint density at radius 3 is 0.658 bits per heavy atom. The summed E-state index contributed by atoms with van der Waals surface area (Å²) in [4.78, 5) is 20.6. The first kappa shape index (κ1) is 46.4. The fourth-order valence-corrected chi connectivity index (χ4v) is 4.59. The van der Waals surface area contributed by atoms with Gasteiger partial charge in [0.1, 0.15) is 0 Å². The van der Waals surface area contributed by atoms with Gasteiger partial charge in [-0.1, -0.05) is 168 Å². The Balaban J connectivity index is -0.000000289. The molecule has 0 amide bonds. The van der Waals surface area contributed by atoms with Crippen LogP contribution in [-0.4, -0.2) is 97.6 Å². The van der Waals surface area contributed by atoms with Crippen molar-refractivity contribution in [1.29, 1.82) is 0 Å². The van der Waals surface area contributed by atoms with Crippen molar-refractivity contribution < 1.29 is 19.8 Å². The van der Waals surface area contributed by atoms with E-state index in [1.807, 2.05) is 0 Å². The van der Waals surface area contributed by atoms with E-state index >= 15 is 0 Å². The van der Waals surface area contributed by atoms with Crippen LogP contribution in [0.25, 0.3) is 0 Å². The maximum absolute atomic E-state index is 10.3. The predicted molar refractivity (Wildman–Crippen MR) is 173 cm³/mol. The molecular formula is C32H68Ca2O4. The molecule has 0 atom stereocenters. The normalized spacial score (nSPS) is 10.2. The fraction of sp³-hybridized carbons (Fsp3) is 0.938. The van der Waals surface area contributed by atoms with Crippen molar-refractivity contribution in [2.45, 2.75) is 194 Å². The Kier molecular flexibility index (Phi) is 52.4. The van der Waals surface area contributed by atoms with E-state index in [1.165, 1.54) is 141 Å². The summed E-state index contributed by atoms with van der Waals surface area (Å²) in [5, 5.41) is 17.0. The Morgan fingerprint density at radius 2 is 0.500 bits per heavy atom. The van der Waals surface area contributed by atoms with Crippen molar-refractivity contribution in [3.8, 4) is 0 Å². The van der Waals surface area contributed by atoms with Crippen molar-refractivity contribution in [1.82, 2.24) is 0 Å². The molecule has 0 spiro atoms. The molecule has 0 saturated heterocycles. The summed E-state index contributed by atoms with van der Waals surface area (Å²) in [6.45, 7) is 4.52. The van der Waals surface area contributed by atoms with Gasteiger partial charge in [-0.2, -0.15) is 0 Å². The van der Waals surface area contributed by atoms with Crippen molar-refractivity contribution in [2.75, 3.05) is 0 Å². The molecule has 6 heteroatoms. The van der Waals surface area contributed by atoms with E-state index in [9.17, 15) is 9.59 Å². The molecule has 0 aromatic carbocycles. The van der Waals surface area contributed by atoms with Crippen LogP contribution in [0.15, 0.2) is 0 Å². The molecule has 2 N–H and O–H groups in total. The van der Waals surface area contributed by atoms with E-state index in [-0.39, 0.29) is 75.5 Å². The van der Waals surface area contributed by atoms with Crippen LogP contribution < -0.4 is 0 Å². The third kappa shape index (κ3) is 50.3. The average molecular weight is 597 g/mol. The van der Waals surface area contributed by atoms with Crippen LogP contribution >= 0.6 is 0 Å².